The van der Waals surface area contributed by atoms with Crippen molar-refractivity contribution >= 4 is 41.1 Å². The molecule has 0 bridgehead atoms. The summed E-state index contributed by atoms with van der Waals surface area (Å²) in [5.74, 6) is -2.38. The van der Waals surface area contributed by atoms with Crippen LogP contribution in [0.3, 0.4) is 0 Å². The fraction of sp³-hybridized carbons (Fsp3) is 0.560. The first kappa shape index (κ1) is 33.6. The number of Topliss-reactive ketones (excluding diaryl/α,β-unsaturated/α-hetero) is 1. The molecule has 0 aliphatic rings. The number of benzene rings is 1. The zero-order valence-corrected chi connectivity index (χ0v) is 23.0. The minimum absolute atomic E-state index is 0.0792. The van der Waals surface area contributed by atoms with E-state index >= 15 is 0 Å². The Balaban J connectivity index is 2.80. The Bertz CT molecular complexity index is 972. The highest BCUT2D eigenvalue weighted by molar-refractivity contribution is 6.28. The molecule has 39 heavy (non-hydrogen) atoms. The number of aromatic hydroxyl groups is 1. The van der Waals surface area contributed by atoms with E-state index in [2.05, 4.69) is 20.9 Å². The number of unbranched alkanes of at least 4 members (excludes halogenated alkanes) is 1. The summed E-state index contributed by atoms with van der Waals surface area (Å²) in [4.78, 5) is 54.7. The zero-order chi connectivity index (χ0) is 29.4. The second-order valence-electron chi connectivity index (χ2n) is 9.16. The molecular weight excluding hydrogens is 528 g/mol. The van der Waals surface area contributed by atoms with Crippen molar-refractivity contribution < 1.29 is 24.3 Å². The van der Waals surface area contributed by atoms with Crippen molar-refractivity contribution in [1.29, 1.82) is 0 Å². The van der Waals surface area contributed by atoms with E-state index in [1.54, 1.807) is 12.1 Å². The predicted octanol–water partition coefficient (Wildman–Crippen LogP) is -1.27. The number of nitrogens with one attached hydrogen (secondary N) is 3. The van der Waals surface area contributed by atoms with E-state index in [-0.39, 0.29) is 49.2 Å². The molecule has 0 fully saturated rings. The van der Waals surface area contributed by atoms with Crippen molar-refractivity contribution in [2.45, 2.75) is 69.6 Å². The highest BCUT2D eigenvalue weighted by Crippen LogP contribution is 2.11. The molecule has 0 aliphatic carbocycles. The maximum absolute atomic E-state index is 13.1. The molecule has 12 N–H and O–H groups in total. The van der Waals surface area contributed by atoms with Crippen LogP contribution in [-0.2, 0) is 25.6 Å². The third-order valence-electron chi connectivity index (χ3n) is 5.84. The predicted molar refractivity (Wildman–Crippen MR) is 150 cm³/mol. The minimum Gasteiger partial charge on any atom is -0.508 e. The molecule has 0 aromatic heterocycles. The molecule has 0 spiro atoms. The van der Waals surface area contributed by atoms with Crippen LogP contribution in [0.4, 0.5) is 0 Å². The number of nitrogens with two attached hydrogens (primary N) is 4. The second-order valence-corrected chi connectivity index (χ2v) is 9.43. The first-order valence-electron chi connectivity index (χ1n) is 12.8. The van der Waals surface area contributed by atoms with Crippen molar-refractivity contribution in [2.75, 3.05) is 19.0 Å². The van der Waals surface area contributed by atoms with Gasteiger partial charge < -0.3 is 44.0 Å². The number of carbonyl (C=O) groups excluding carboxylic acids is 4. The van der Waals surface area contributed by atoms with E-state index in [0.29, 0.717) is 25.8 Å². The van der Waals surface area contributed by atoms with Crippen LogP contribution < -0.4 is 38.9 Å². The van der Waals surface area contributed by atoms with Crippen molar-refractivity contribution in [2.24, 2.45) is 27.9 Å². The minimum atomic E-state index is -0.993. The smallest absolute Gasteiger partial charge is 0.243 e. The molecule has 1 aromatic rings. The van der Waals surface area contributed by atoms with Crippen LogP contribution in [-0.4, -0.2) is 77.7 Å². The monoisotopic (exact) mass is 568 g/mol. The highest BCUT2D eigenvalue weighted by atomic mass is 35.5. The lowest BCUT2D eigenvalue weighted by Crippen LogP contribution is -2.56. The molecule has 218 valence electrons. The average molecular weight is 569 g/mol. The maximum Gasteiger partial charge on any atom is 0.243 e. The van der Waals surface area contributed by atoms with E-state index in [1.807, 2.05) is 0 Å². The van der Waals surface area contributed by atoms with E-state index in [4.69, 9.17) is 34.5 Å². The lowest BCUT2D eigenvalue weighted by Gasteiger charge is -2.24. The number of carbonyl (C=O) groups is 4. The number of nitrogens with zero attached hydrogens (tertiary/aromatic N) is 1. The molecule has 14 heteroatoms. The molecule has 0 saturated carbocycles. The number of hydrogen-bond donors (Lipinski definition) is 8. The van der Waals surface area contributed by atoms with Gasteiger partial charge in [-0.15, -0.1) is 11.6 Å². The molecule has 13 nitrogen and oxygen atoms in total. The summed E-state index contributed by atoms with van der Waals surface area (Å²) < 4.78 is 0. The van der Waals surface area contributed by atoms with Crippen molar-refractivity contribution in [3.8, 4) is 5.75 Å². The maximum atomic E-state index is 13.1. The number of phenols is 1. The number of amides is 3. The van der Waals surface area contributed by atoms with Gasteiger partial charge in [-0.1, -0.05) is 12.1 Å². The van der Waals surface area contributed by atoms with Crippen molar-refractivity contribution in [3.05, 3.63) is 29.8 Å². The second kappa shape index (κ2) is 18.0. The Labute approximate surface area is 233 Å². The number of alkyl halides is 1. The van der Waals surface area contributed by atoms with Gasteiger partial charge in [0.25, 0.3) is 0 Å². The summed E-state index contributed by atoms with van der Waals surface area (Å²) in [6.45, 7) is 2.15. The molecular formula is C25H41ClN8O5. The van der Waals surface area contributed by atoms with Gasteiger partial charge in [0.05, 0.1) is 18.0 Å². The fourth-order valence-electron chi connectivity index (χ4n) is 3.61. The Morgan fingerprint density at radius 2 is 1.54 bits per heavy atom. The first-order chi connectivity index (χ1) is 18.5. The summed E-state index contributed by atoms with van der Waals surface area (Å²) in [6.07, 6.45) is 2.31. The summed E-state index contributed by atoms with van der Waals surface area (Å²) in [5.41, 5.74) is 22.9. The Kier molecular flexibility index (Phi) is 15.5. The van der Waals surface area contributed by atoms with E-state index in [0.717, 1.165) is 5.56 Å². The summed E-state index contributed by atoms with van der Waals surface area (Å²) in [6, 6.07) is 2.48. The van der Waals surface area contributed by atoms with Gasteiger partial charge in [-0.05, 0) is 69.7 Å². The van der Waals surface area contributed by atoms with Crippen LogP contribution in [0.25, 0.3) is 0 Å². The van der Waals surface area contributed by atoms with Crippen LogP contribution in [0.15, 0.2) is 29.3 Å². The molecule has 0 radical (unpaired) electrons. The fourth-order valence-corrected chi connectivity index (χ4v) is 3.79. The zero-order valence-electron chi connectivity index (χ0n) is 22.2. The number of aliphatic imine (C=N–C) groups is 1. The van der Waals surface area contributed by atoms with E-state index in [1.165, 1.54) is 19.1 Å². The molecule has 4 atom stereocenters. The third-order valence-corrected chi connectivity index (χ3v) is 6.11. The molecule has 1 aromatic carbocycles. The molecule has 3 amide bonds. The van der Waals surface area contributed by atoms with Gasteiger partial charge in [0, 0.05) is 6.54 Å². The lowest BCUT2D eigenvalue weighted by molar-refractivity contribution is -0.133. The van der Waals surface area contributed by atoms with Gasteiger partial charge in [0.15, 0.2) is 11.7 Å². The van der Waals surface area contributed by atoms with Crippen LogP contribution in [0.1, 0.15) is 44.6 Å². The van der Waals surface area contributed by atoms with Gasteiger partial charge in [-0.25, -0.2) is 0 Å². The molecule has 1 rings (SSSR count). The number of halogens is 1. The number of rotatable bonds is 18. The van der Waals surface area contributed by atoms with E-state index in [9.17, 15) is 24.3 Å². The van der Waals surface area contributed by atoms with Gasteiger partial charge >= 0.3 is 0 Å². The molecule has 0 unspecified atom stereocenters. The van der Waals surface area contributed by atoms with Crippen LogP contribution in [0.5, 0.6) is 5.75 Å². The number of hydrogen-bond acceptors (Lipinski definition) is 8. The summed E-state index contributed by atoms with van der Waals surface area (Å²) in [7, 11) is 0. The van der Waals surface area contributed by atoms with Crippen LogP contribution in [0, 0.1) is 0 Å². The number of guanidine groups is 1. The highest BCUT2D eigenvalue weighted by Gasteiger charge is 2.28. The number of phenolic OH excluding ortho intramolecular Hbond substituents is 1. The Morgan fingerprint density at radius 1 is 0.923 bits per heavy atom. The number of ketones is 1. The molecule has 0 saturated heterocycles. The molecule has 0 heterocycles. The summed E-state index contributed by atoms with van der Waals surface area (Å²) in [5, 5.41) is 17.2. The Morgan fingerprint density at radius 3 is 2.13 bits per heavy atom. The standard InChI is InChI=1S/C25H41ClN8O5/c1-15(32-23(38)18(28)13-16-7-9-17(35)10-8-16)22(37)34-20(5-2-3-11-27)24(39)33-19(21(36)14-26)6-4-12-31-25(29)30/h7-10,15,18-20,35H,2-6,11-14,27-28H2,1H3,(H,32,38)(H,33,39)(H,34,37)(H4,29,30,31)/t15-,18+,19-,20-/m0/s1. The normalized spacial score (nSPS) is 13.8. The topological polar surface area (TPSA) is 241 Å². The van der Waals surface area contributed by atoms with Crippen LogP contribution >= 0.6 is 11.6 Å². The molecule has 0 aliphatic heterocycles. The third kappa shape index (κ3) is 13.3. The SMILES string of the molecule is C[C@H](NC(=O)[C@H](N)Cc1ccc(O)cc1)C(=O)N[C@@H](CCCCN)C(=O)N[C@@H](CCCN=C(N)N)C(=O)CCl. The Hall–Kier alpha value is -3.42. The van der Waals surface area contributed by atoms with Crippen LogP contribution in [0.2, 0.25) is 0 Å². The first-order valence-corrected chi connectivity index (χ1v) is 13.3. The van der Waals surface area contributed by atoms with Crippen molar-refractivity contribution in [1.82, 2.24) is 16.0 Å². The van der Waals surface area contributed by atoms with E-state index < -0.39 is 41.9 Å². The lowest BCUT2D eigenvalue weighted by atomic mass is 10.0. The summed E-state index contributed by atoms with van der Waals surface area (Å²) >= 11 is 5.72. The van der Waals surface area contributed by atoms with Crippen molar-refractivity contribution in [3.63, 3.8) is 0 Å². The van der Waals surface area contributed by atoms with Gasteiger partial charge in [-0.3, -0.25) is 24.2 Å². The van der Waals surface area contributed by atoms with Gasteiger partial charge in [0.1, 0.15) is 17.8 Å². The van der Waals surface area contributed by atoms with Gasteiger partial charge in [0.2, 0.25) is 17.7 Å². The quantitative estimate of drug-likeness (QED) is 0.0454. The average Bonchev–Trinajstić information content (AvgIpc) is 2.90. The largest absolute Gasteiger partial charge is 0.508 e. The van der Waals surface area contributed by atoms with Gasteiger partial charge in [-0.2, -0.15) is 0 Å².